The average Bonchev–Trinajstić information content (AvgIpc) is 3.34. The minimum Gasteiger partial charge on any atom is -0.497 e. The van der Waals surface area contributed by atoms with Gasteiger partial charge in [-0.15, -0.1) is 11.3 Å². The number of aromatic nitrogens is 1. The van der Waals surface area contributed by atoms with Crippen molar-refractivity contribution in [1.29, 1.82) is 0 Å². The molecule has 0 fully saturated rings. The summed E-state index contributed by atoms with van der Waals surface area (Å²) in [4.78, 5) is 18.1. The van der Waals surface area contributed by atoms with Crippen LogP contribution >= 0.6 is 11.3 Å². The van der Waals surface area contributed by atoms with E-state index in [4.69, 9.17) is 9.15 Å². The number of carbonyl (C=O) groups is 1. The molecule has 6 nitrogen and oxygen atoms in total. The molecule has 1 atom stereocenters. The SMILES string of the molecule is COc1ccc(-c2nc(CC(=O)NC[C@@H](c3ccco3)[NH+](C)C)cs2)cc1. The molecular weight excluding hydrogens is 362 g/mol. The topological polar surface area (TPSA) is 68.8 Å². The standard InChI is InChI=1S/C20H23N3O3S/c1-23(2)17(18-5-4-10-26-18)12-21-19(24)11-15-13-27-20(22-15)14-6-8-16(25-3)9-7-14/h4-10,13,17H,11-12H2,1-3H3,(H,21,24)/p+1/t17-/m0/s1. The lowest BCUT2D eigenvalue weighted by Crippen LogP contribution is -3.07. The van der Waals surface area contributed by atoms with Gasteiger partial charge in [-0.1, -0.05) is 0 Å². The number of ether oxygens (including phenoxy) is 1. The molecule has 0 aliphatic heterocycles. The second-order valence-corrected chi connectivity index (χ2v) is 7.36. The number of carbonyl (C=O) groups excluding carboxylic acids is 1. The maximum atomic E-state index is 12.3. The van der Waals surface area contributed by atoms with Crippen LogP contribution in [-0.2, 0) is 11.2 Å². The maximum absolute atomic E-state index is 12.3. The molecule has 2 aromatic heterocycles. The number of thiazole rings is 1. The van der Waals surface area contributed by atoms with Crippen molar-refractivity contribution in [3.8, 4) is 16.3 Å². The number of rotatable bonds is 8. The minimum atomic E-state index is -0.0422. The molecule has 1 aromatic carbocycles. The van der Waals surface area contributed by atoms with E-state index < -0.39 is 0 Å². The van der Waals surface area contributed by atoms with Crippen LogP contribution in [-0.4, -0.2) is 38.6 Å². The van der Waals surface area contributed by atoms with E-state index in [1.54, 1.807) is 13.4 Å². The summed E-state index contributed by atoms with van der Waals surface area (Å²) in [6.45, 7) is 0.518. The van der Waals surface area contributed by atoms with Gasteiger partial charge in [-0.3, -0.25) is 4.79 Å². The van der Waals surface area contributed by atoms with E-state index in [2.05, 4.69) is 10.3 Å². The van der Waals surface area contributed by atoms with Crippen LogP contribution in [0.5, 0.6) is 5.75 Å². The lowest BCUT2D eigenvalue weighted by Gasteiger charge is -2.19. The molecule has 0 aliphatic carbocycles. The van der Waals surface area contributed by atoms with Crippen molar-refractivity contribution in [3.05, 3.63) is 59.5 Å². The Bertz CT molecular complexity index is 857. The highest BCUT2D eigenvalue weighted by atomic mass is 32.1. The predicted octanol–water partition coefficient (Wildman–Crippen LogP) is 1.96. The molecular formula is C20H24N3O3S+. The smallest absolute Gasteiger partial charge is 0.226 e. The third kappa shape index (κ3) is 4.96. The van der Waals surface area contributed by atoms with Gasteiger partial charge in [0.1, 0.15) is 10.8 Å². The first kappa shape index (κ1) is 19.1. The van der Waals surface area contributed by atoms with Gasteiger partial charge >= 0.3 is 0 Å². The summed E-state index contributed by atoms with van der Waals surface area (Å²) in [5, 5.41) is 5.82. The molecule has 0 spiro atoms. The van der Waals surface area contributed by atoms with Crippen LogP contribution < -0.4 is 15.0 Å². The fraction of sp³-hybridized carbons (Fsp3) is 0.300. The van der Waals surface area contributed by atoms with Crippen molar-refractivity contribution in [1.82, 2.24) is 10.3 Å². The molecule has 0 saturated carbocycles. The normalized spacial score (nSPS) is 12.1. The third-order valence-corrected chi connectivity index (χ3v) is 5.26. The second kappa shape index (κ2) is 8.83. The highest BCUT2D eigenvalue weighted by molar-refractivity contribution is 7.13. The summed E-state index contributed by atoms with van der Waals surface area (Å²) in [7, 11) is 5.73. The van der Waals surface area contributed by atoms with Crippen molar-refractivity contribution in [2.24, 2.45) is 0 Å². The zero-order valence-corrected chi connectivity index (χ0v) is 16.5. The molecule has 142 valence electrons. The zero-order chi connectivity index (χ0) is 19.2. The highest BCUT2D eigenvalue weighted by Crippen LogP contribution is 2.25. The summed E-state index contributed by atoms with van der Waals surface area (Å²) in [5.41, 5.74) is 1.79. The van der Waals surface area contributed by atoms with E-state index in [1.807, 2.05) is 55.9 Å². The Hall–Kier alpha value is -2.64. The number of amides is 1. The first-order valence-electron chi connectivity index (χ1n) is 8.76. The number of benzene rings is 1. The van der Waals surface area contributed by atoms with Crippen molar-refractivity contribution in [2.75, 3.05) is 27.7 Å². The van der Waals surface area contributed by atoms with Crippen LogP contribution in [0, 0.1) is 0 Å². The molecule has 0 aliphatic rings. The van der Waals surface area contributed by atoms with Crippen molar-refractivity contribution >= 4 is 17.2 Å². The Morgan fingerprint density at radius 1 is 1.30 bits per heavy atom. The van der Waals surface area contributed by atoms with E-state index in [9.17, 15) is 4.79 Å². The Morgan fingerprint density at radius 2 is 2.07 bits per heavy atom. The Labute approximate surface area is 162 Å². The van der Waals surface area contributed by atoms with Crippen LogP contribution in [0.1, 0.15) is 17.5 Å². The number of nitrogens with one attached hydrogen (secondary N) is 2. The monoisotopic (exact) mass is 386 g/mol. The van der Waals surface area contributed by atoms with E-state index in [0.717, 1.165) is 27.8 Å². The molecule has 7 heteroatoms. The fourth-order valence-corrected chi connectivity index (χ4v) is 3.60. The van der Waals surface area contributed by atoms with E-state index in [1.165, 1.54) is 16.2 Å². The lowest BCUT2D eigenvalue weighted by molar-refractivity contribution is -0.891. The van der Waals surface area contributed by atoms with Crippen molar-refractivity contribution in [2.45, 2.75) is 12.5 Å². The van der Waals surface area contributed by atoms with Gasteiger partial charge in [0, 0.05) is 10.9 Å². The van der Waals surface area contributed by atoms with E-state index >= 15 is 0 Å². The van der Waals surface area contributed by atoms with Crippen LogP contribution in [0.15, 0.2) is 52.5 Å². The predicted molar refractivity (Wildman–Crippen MR) is 105 cm³/mol. The average molecular weight is 386 g/mol. The van der Waals surface area contributed by atoms with Crippen LogP contribution in [0.4, 0.5) is 0 Å². The number of hydrogen-bond acceptors (Lipinski definition) is 5. The van der Waals surface area contributed by atoms with Gasteiger partial charge in [-0.05, 0) is 36.4 Å². The molecule has 0 bridgehead atoms. The summed E-state index contributed by atoms with van der Waals surface area (Å²) >= 11 is 1.53. The van der Waals surface area contributed by atoms with Gasteiger partial charge in [0.15, 0.2) is 11.8 Å². The van der Waals surface area contributed by atoms with E-state index in [0.29, 0.717) is 6.54 Å². The van der Waals surface area contributed by atoms with Gasteiger partial charge in [-0.25, -0.2) is 4.98 Å². The molecule has 3 aromatic rings. The van der Waals surface area contributed by atoms with Gasteiger partial charge in [0.25, 0.3) is 0 Å². The molecule has 1 amide bonds. The molecule has 2 N–H and O–H groups in total. The van der Waals surface area contributed by atoms with Crippen molar-refractivity contribution in [3.63, 3.8) is 0 Å². The number of nitrogens with zero attached hydrogens (tertiary/aromatic N) is 1. The largest absolute Gasteiger partial charge is 0.497 e. The summed E-state index contributed by atoms with van der Waals surface area (Å²) in [6, 6.07) is 11.6. The summed E-state index contributed by atoms with van der Waals surface area (Å²) in [6.07, 6.45) is 1.92. The second-order valence-electron chi connectivity index (χ2n) is 6.50. The molecule has 27 heavy (non-hydrogen) atoms. The number of likely N-dealkylation sites (N-methyl/N-ethyl adjacent to an activating group) is 1. The van der Waals surface area contributed by atoms with Gasteiger partial charge < -0.3 is 19.4 Å². The first-order valence-corrected chi connectivity index (χ1v) is 9.63. The summed E-state index contributed by atoms with van der Waals surface area (Å²) < 4.78 is 10.7. The van der Waals surface area contributed by atoms with Crippen molar-refractivity contribution < 1.29 is 18.8 Å². The quantitative estimate of drug-likeness (QED) is 0.621. The summed E-state index contributed by atoms with van der Waals surface area (Å²) in [5.74, 6) is 1.63. The molecule has 3 rings (SSSR count). The number of quaternary nitrogens is 1. The Balaban J connectivity index is 1.57. The minimum absolute atomic E-state index is 0.0422. The number of hydrogen-bond donors (Lipinski definition) is 2. The number of methoxy groups -OCH3 is 1. The fourth-order valence-electron chi connectivity index (χ4n) is 2.78. The van der Waals surface area contributed by atoms with Gasteiger partial charge in [0.05, 0.1) is 46.1 Å². The maximum Gasteiger partial charge on any atom is 0.226 e. The highest BCUT2D eigenvalue weighted by Gasteiger charge is 2.21. The van der Waals surface area contributed by atoms with Crippen LogP contribution in [0.3, 0.4) is 0 Å². The molecule has 2 heterocycles. The zero-order valence-electron chi connectivity index (χ0n) is 15.7. The molecule has 0 saturated heterocycles. The first-order chi connectivity index (χ1) is 13.1. The Morgan fingerprint density at radius 3 is 2.70 bits per heavy atom. The molecule has 0 radical (unpaired) electrons. The lowest BCUT2D eigenvalue weighted by atomic mass is 10.2. The Kier molecular flexibility index (Phi) is 6.26. The number of furan rings is 1. The van der Waals surface area contributed by atoms with Gasteiger partial charge in [0.2, 0.25) is 5.91 Å². The van der Waals surface area contributed by atoms with E-state index in [-0.39, 0.29) is 18.4 Å². The van der Waals surface area contributed by atoms with Crippen LogP contribution in [0.25, 0.3) is 10.6 Å². The van der Waals surface area contributed by atoms with Crippen LogP contribution in [0.2, 0.25) is 0 Å². The van der Waals surface area contributed by atoms with Gasteiger partial charge in [-0.2, -0.15) is 0 Å². The third-order valence-electron chi connectivity index (χ3n) is 4.32. The molecule has 0 unspecified atom stereocenters.